The molecule has 2 fully saturated rings. The van der Waals surface area contributed by atoms with E-state index in [0.717, 1.165) is 18.4 Å². The summed E-state index contributed by atoms with van der Waals surface area (Å²) in [5.41, 5.74) is 1.81. The van der Waals surface area contributed by atoms with Crippen molar-refractivity contribution >= 4 is 0 Å². The maximum atomic E-state index is 2.75. The lowest BCUT2D eigenvalue weighted by atomic mass is 9.77. The molecule has 20 heavy (non-hydrogen) atoms. The van der Waals surface area contributed by atoms with E-state index in [9.17, 15) is 0 Å². The van der Waals surface area contributed by atoms with Crippen LogP contribution in [0, 0.1) is 17.3 Å². The summed E-state index contributed by atoms with van der Waals surface area (Å²) in [7, 11) is 2.28. The minimum Gasteiger partial charge on any atom is -0.306 e. The zero-order valence-corrected chi connectivity index (χ0v) is 13.3. The summed E-state index contributed by atoms with van der Waals surface area (Å²) in [6.45, 7) is 12.2. The lowest BCUT2D eigenvalue weighted by Crippen LogP contribution is -2.44. The molecule has 0 radical (unpaired) electrons. The molecule has 1 aromatic rings. The molecule has 1 aromatic carbocycles. The molecule has 0 aromatic heterocycles. The molecule has 0 N–H and O–H groups in total. The summed E-state index contributed by atoms with van der Waals surface area (Å²) >= 11 is 0. The number of likely N-dealkylation sites (tertiary alicyclic amines) is 2. The van der Waals surface area contributed by atoms with Crippen LogP contribution in [0.1, 0.15) is 26.3 Å². The molecule has 2 aliphatic heterocycles. The Balaban J connectivity index is 1.80. The predicted molar refractivity (Wildman–Crippen MR) is 84.6 cm³/mol. The van der Waals surface area contributed by atoms with Crippen LogP contribution < -0.4 is 0 Å². The standard InChI is InChI=1S/C18H28N2/c1-18(2,3)17-16-13-19(4)11-15(16)12-20(17)10-14-8-6-5-7-9-14/h5-9,15-17H,10-13H2,1-4H3/t15-,16-,17+/m1/s1. The summed E-state index contributed by atoms with van der Waals surface area (Å²) in [5.74, 6) is 1.72. The van der Waals surface area contributed by atoms with Crippen LogP contribution in [0.15, 0.2) is 30.3 Å². The highest BCUT2D eigenvalue weighted by Crippen LogP contribution is 2.43. The molecular formula is C18H28N2. The maximum Gasteiger partial charge on any atom is 0.0237 e. The van der Waals surface area contributed by atoms with Gasteiger partial charge in [-0.05, 0) is 29.9 Å². The number of hydrogen-bond donors (Lipinski definition) is 0. The minimum atomic E-state index is 0.360. The van der Waals surface area contributed by atoms with Crippen LogP contribution >= 0.6 is 0 Å². The molecule has 2 saturated heterocycles. The molecule has 0 aliphatic carbocycles. The Hall–Kier alpha value is -0.860. The smallest absolute Gasteiger partial charge is 0.0237 e. The fraction of sp³-hybridized carbons (Fsp3) is 0.667. The van der Waals surface area contributed by atoms with Gasteiger partial charge in [-0.1, -0.05) is 51.1 Å². The molecule has 0 bridgehead atoms. The average Bonchev–Trinajstić information content (AvgIpc) is 2.84. The van der Waals surface area contributed by atoms with Gasteiger partial charge in [0.1, 0.15) is 0 Å². The van der Waals surface area contributed by atoms with Crippen molar-refractivity contribution in [3.63, 3.8) is 0 Å². The second-order valence-electron chi connectivity index (χ2n) is 7.87. The molecule has 3 rings (SSSR count). The van der Waals surface area contributed by atoms with Crippen LogP contribution in [0.25, 0.3) is 0 Å². The van der Waals surface area contributed by atoms with Crippen LogP contribution in [0.2, 0.25) is 0 Å². The third-order valence-corrected chi connectivity index (χ3v) is 5.06. The first-order valence-corrected chi connectivity index (χ1v) is 7.91. The molecule has 0 unspecified atom stereocenters. The van der Waals surface area contributed by atoms with Gasteiger partial charge in [0.05, 0.1) is 0 Å². The van der Waals surface area contributed by atoms with Crippen molar-refractivity contribution in [3.05, 3.63) is 35.9 Å². The van der Waals surface area contributed by atoms with E-state index in [2.05, 4.69) is 68.0 Å². The molecule has 0 saturated carbocycles. The van der Waals surface area contributed by atoms with E-state index in [1.165, 1.54) is 25.2 Å². The second kappa shape index (κ2) is 5.16. The third kappa shape index (κ3) is 2.64. The Labute approximate surface area is 123 Å². The number of rotatable bonds is 2. The number of benzene rings is 1. The minimum absolute atomic E-state index is 0.360. The van der Waals surface area contributed by atoms with E-state index >= 15 is 0 Å². The van der Waals surface area contributed by atoms with E-state index < -0.39 is 0 Å². The lowest BCUT2D eigenvalue weighted by Gasteiger charge is -2.38. The van der Waals surface area contributed by atoms with Crippen molar-refractivity contribution in [3.8, 4) is 0 Å². The summed E-state index contributed by atoms with van der Waals surface area (Å²) < 4.78 is 0. The Morgan fingerprint density at radius 3 is 2.40 bits per heavy atom. The first-order valence-electron chi connectivity index (χ1n) is 7.91. The van der Waals surface area contributed by atoms with E-state index in [4.69, 9.17) is 0 Å². The van der Waals surface area contributed by atoms with Gasteiger partial charge in [0.15, 0.2) is 0 Å². The van der Waals surface area contributed by atoms with Crippen LogP contribution in [0.3, 0.4) is 0 Å². The normalized spacial score (nSPS) is 31.7. The van der Waals surface area contributed by atoms with Gasteiger partial charge in [-0.25, -0.2) is 0 Å². The first-order chi connectivity index (χ1) is 9.45. The zero-order valence-electron chi connectivity index (χ0n) is 13.3. The Morgan fingerprint density at radius 1 is 1.05 bits per heavy atom. The summed E-state index contributed by atoms with van der Waals surface area (Å²) in [5, 5.41) is 0. The maximum absolute atomic E-state index is 2.75. The highest BCUT2D eigenvalue weighted by Gasteiger charge is 2.49. The number of nitrogens with zero attached hydrogens (tertiary/aromatic N) is 2. The van der Waals surface area contributed by atoms with Crippen LogP contribution in [0.4, 0.5) is 0 Å². The van der Waals surface area contributed by atoms with Gasteiger partial charge in [0, 0.05) is 32.2 Å². The molecule has 0 spiro atoms. The molecular weight excluding hydrogens is 244 g/mol. The molecule has 3 atom stereocenters. The van der Waals surface area contributed by atoms with E-state index in [1.54, 1.807) is 0 Å². The van der Waals surface area contributed by atoms with Gasteiger partial charge in [0.25, 0.3) is 0 Å². The fourth-order valence-corrected chi connectivity index (χ4v) is 4.53. The molecule has 110 valence electrons. The molecule has 2 heteroatoms. The van der Waals surface area contributed by atoms with Crippen molar-refractivity contribution in [2.75, 3.05) is 26.7 Å². The quantitative estimate of drug-likeness (QED) is 0.816. The molecule has 2 nitrogen and oxygen atoms in total. The van der Waals surface area contributed by atoms with Crippen molar-refractivity contribution in [2.24, 2.45) is 17.3 Å². The SMILES string of the molecule is CN1C[C@@H]2CN(Cc3ccccc3)[C@H](C(C)(C)C)[C@@H]2C1. The highest BCUT2D eigenvalue weighted by molar-refractivity contribution is 5.16. The van der Waals surface area contributed by atoms with Gasteiger partial charge in [-0.15, -0.1) is 0 Å². The van der Waals surface area contributed by atoms with Gasteiger partial charge >= 0.3 is 0 Å². The van der Waals surface area contributed by atoms with Crippen molar-refractivity contribution < 1.29 is 0 Å². The van der Waals surface area contributed by atoms with Gasteiger partial charge in [0.2, 0.25) is 0 Å². The molecule has 2 aliphatic rings. The Kier molecular flexibility index (Phi) is 3.64. The molecule has 2 heterocycles. The van der Waals surface area contributed by atoms with Crippen LogP contribution in [-0.2, 0) is 6.54 Å². The van der Waals surface area contributed by atoms with Crippen LogP contribution in [-0.4, -0.2) is 42.5 Å². The van der Waals surface area contributed by atoms with E-state index in [-0.39, 0.29) is 0 Å². The Bertz CT molecular complexity index is 448. The Morgan fingerprint density at radius 2 is 1.75 bits per heavy atom. The summed E-state index contributed by atoms with van der Waals surface area (Å²) in [6, 6.07) is 11.7. The van der Waals surface area contributed by atoms with Crippen LogP contribution in [0.5, 0.6) is 0 Å². The van der Waals surface area contributed by atoms with Crippen molar-refractivity contribution in [2.45, 2.75) is 33.4 Å². The topological polar surface area (TPSA) is 6.48 Å². The summed E-state index contributed by atoms with van der Waals surface area (Å²) in [4.78, 5) is 5.27. The van der Waals surface area contributed by atoms with Gasteiger partial charge in [-0.2, -0.15) is 0 Å². The highest BCUT2D eigenvalue weighted by atomic mass is 15.3. The molecule has 0 amide bonds. The predicted octanol–water partition coefficient (Wildman–Crippen LogP) is 3.09. The first kappa shape index (κ1) is 14.1. The lowest BCUT2D eigenvalue weighted by molar-refractivity contribution is 0.0981. The average molecular weight is 272 g/mol. The number of fused-ring (bicyclic) bond motifs is 1. The van der Waals surface area contributed by atoms with E-state index in [1.807, 2.05) is 0 Å². The third-order valence-electron chi connectivity index (χ3n) is 5.06. The number of hydrogen-bond acceptors (Lipinski definition) is 2. The largest absolute Gasteiger partial charge is 0.306 e. The fourth-order valence-electron chi connectivity index (χ4n) is 4.53. The zero-order chi connectivity index (χ0) is 14.3. The van der Waals surface area contributed by atoms with Gasteiger partial charge < -0.3 is 4.90 Å². The summed E-state index contributed by atoms with van der Waals surface area (Å²) in [6.07, 6.45) is 0. The second-order valence-corrected chi connectivity index (χ2v) is 7.87. The van der Waals surface area contributed by atoms with Crippen molar-refractivity contribution in [1.82, 2.24) is 9.80 Å². The van der Waals surface area contributed by atoms with Gasteiger partial charge in [-0.3, -0.25) is 4.90 Å². The van der Waals surface area contributed by atoms with Crippen molar-refractivity contribution in [1.29, 1.82) is 0 Å². The monoisotopic (exact) mass is 272 g/mol. The van der Waals surface area contributed by atoms with E-state index in [0.29, 0.717) is 11.5 Å².